The molecule has 0 aliphatic carbocycles. The van der Waals surface area contributed by atoms with Crippen LogP contribution >= 0.6 is 11.8 Å². The molecule has 7 heteroatoms. The predicted octanol–water partition coefficient (Wildman–Crippen LogP) is 4.44. The first-order valence-corrected chi connectivity index (χ1v) is 11.2. The summed E-state index contributed by atoms with van der Waals surface area (Å²) in [5.74, 6) is 0.520. The van der Waals surface area contributed by atoms with E-state index in [1.54, 1.807) is 0 Å². The summed E-state index contributed by atoms with van der Waals surface area (Å²) >= 11 is 0.994. The van der Waals surface area contributed by atoms with Crippen molar-refractivity contribution in [2.45, 2.75) is 30.4 Å². The maximum atomic E-state index is 13.6. The van der Waals surface area contributed by atoms with Crippen LogP contribution in [0.3, 0.4) is 0 Å². The predicted molar refractivity (Wildman–Crippen MR) is 122 cm³/mol. The zero-order valence-corrected chi connectivity index (χ0v) is 18.0. The lowest BCUT2D eigenvalue weighted by Gasteiger charge is -2.36. The van der Waals surface area contributed by atoms with Gasteiger partial charge in [0.05, 0.1) is 18.1 Å². The topological polar surface area (TPSA) is 62.7 Å². The number of hydrogen-bond acceptors (Lipinski definition) is 6. The van der Waals surface area contributed by atoms with Gasteiger partial charge < -0.3 is 9.64 Å². The van der Waals surface area contributed by atoms with Gasteiger partial charge in [-0.15, -0.1) is 0 Å². The van der Waals surface area contributed by atoms with Gasteiger partial charge in [0.2, 0.25) is 4.93 Å². The number of anilines is 1. The van der Waals surface area contributed by atoms with Crippen LogP contribution in [0.15, 0.2) is 66.7 Å². The fraction of sp³-hybridized carbons (Fsp3) is 0.292. The second-order valence-corrected chi connectivity index (χ2v) is 8.99. The van der Waals surface area contributed by atoms with E-state index in [-0.39, 0.29) is 23.7 Å². The van der Waals surface area contributed by atoms with E-state index in [2.05, 4.69) is 4.90 Å². The second kappa shape index (κ2) is 7.98. The summed E-state index contributed by atoms with van der Waals surface area (Å²) in [6, 6.07) is 21.3. The normalized spacial score (nSPS) is 23.8. The number of para-hydroxylation sites is 1. The largest absolute Gasteiger partial charge is 0.356 e. The zero-order chi connectivity index (χ0) is 21.4. The quantitative estimate of drug-likeness (QED) is 0.593. The summed E-state index contributed by atoms with van der Waals surface area (Å²) in [6.45, 7) is 1.01. The highest BCUT2D eigenvalue weighted by molar-refractivity contribution is 8.15. The lowest BCUT2D eigenvalue weighted by molar-refractivity contribution is -0.141. The molecule has 0 bridgehead atoms. The molecule has 2 amide bonds. The highest BCUT2D eigenvalue weighted by Crippen LogP contribution is 2.47. The van der Waals surface area contributed by atoms with Gasteiger partial charge in [-0.3, -0.25) is 14.5 Å². The van der Waals surface area contributed by atoms with Crippen LogP contribution in [0, 0.1) is 0 Å². The molecule has 0 N–H and O–H groups in total. The third-order valence-electron chi connectivity index (χ3n) is 6.06. The molecule has 2 aliphatic rings. The van der Waals surface area contributed by atoms with Crippen LogP contribution < -0.4 is 4.90 Å². The van der Waals surface area contributed by atoms with Gasteiger partial charge in [0.1, 0.15) is 5.82 Å². The van der Waals surface area contributed by atoms with Crippen LogP contribution in [0.5, 0.6) is 0 Å². The number of carbonyl (C=O) groups excluding carboxylic acids is 2. The Morgan fingerprint density at radius 2 is 1.84 bits per heavy atom. The zero-order valence-electron chi connectivity index (χ0n) is 17.2. The summed E-state index contributed by atoms with van der Waals surface area (Å²) in [6.07, 6.45) is 1.67. The first kappa shape index (κ1) is 20.0. The number of methoxy groups -OCH3 is 1. The third-order valence-corrected chi connectivity index (χ3v) is 7.37. The molecule has 0 radical (unpaired) electrons. The van der Waals surface area contributed by atoms with E-state index in [4.69, 9.17) is 9.72 Å². The Balaban J connectivity index is 1.47. The van der Waals surface area contributed by atoms with Crippen LogP contribution in [0.4, 0.5) is 10.6 Å². The molecule has 1 aromatic heterocycles. The molecule has 3 heterocycles. The van der Waals surface area contributed by atoms with Gasteiger partial charge in [0, 0.05) is 19.0 Å². The van der Waals surface area contributed by atoms with Gasteiger partial charge >= 0.3 is 0 Å². The molecule has 2 saturated heterocycles. The number of fused-ring (bicyclic) bond motifs is 1. The molecule has 5 rings (SSSR count). The number of nitrogens with zero attached hydrogens (tertiary/aromatic N) is 3. The number of hydrogen-bond donors (Lipinski definition) is 0. The number of imide groups is 1. The van der Waals surface area contributed by atoms with Gasteiger partial charge in [-0.05, 0) is 48.4 Å². The standard InChI is InChI=1S/C24H23N3O3S/c1-30-24(22(28)27(23(29)31-24)16-17-8-3-2-4-9-17)20-12-7-15-26(20)21-14-13-18-10-5-6-11-19(18)25-21/h2-6,8-11,13-14,20H,7,12,15-16H2,1H3/t20-,24?/m0/s1. The summed E-state index contributed by atoms with van der Waals surface area (Å²) in [5.41, 5.74) is 1.82. The van der Waals surface area contributed by atoms with E-state index in [1.165, 1.54) is 12.0 Å². The summed E-state index contributed by atoms with van der Waals surface area (Å²) < 4.78 is 5.85. The highest BCUT2D eigenvalue weighted by Gasteiger charge is 2.60. The number of pyridine rings is 1. The smallest absolute Gasteiger partial charge is 0.292 e. The maximum Gasteiger partial charge on any atom is 0.292 e. The van der Waals surface area contributed by atoms with Crippen LogP contribution in [0.2, 0.25) is 0 Å². The van der Waals surface area contributed by atoms with Crippen molar-refractivity contribution in [1.82, 2.24) is 9.88 Å². The summed E-state index contributed by atoms with van der Waals surface area (Å²) in [7, 11) is 1.52. The molecule has 158 valence electrons. The molecule has 2 atom stereocenters. The van der Waals surface area contributed by atoms with E-state index < -0.39 is 4.93 Å². The van der Waals surface area contributed by atoms with Crippen LogP contribution in [-0.2, 0) is 16.1 Å². The van der Waals surface area contributed by atoms with Crippen molar-refractivity contribution in [3.05, 3.63) is 72.3 Å². The van der Waals surface area contributed by atoms with E-state index in [9.17, 15) is 9.59 Å². The number of amides is 2. The van der Waals surface area contributed by atoms with E-state index >= 15 is 0 Å². The molecule has 2 aliphatic heterocycles. The van der Waals surface area contributed by atoms with Gasteiger partial charge in [-0.1, -0.05) is 48.5 Å². The van der Waals surface area contributed by atoms with E-state index in [0.29, 0.717) is 0 Å². The molecule has 3 aromatic rings. The highest BCUT2D eigenvalue weighted by atomic mass is 32.2. The molecular weight excluding hydrogens is 410 g/mol. The molecule has 2 fully saturated rings. The first-order valence-electron chi connectivity index (χ1n) is 10.4. The van der Waals surface area contributed by atoms with Gasteiger partial charge in [-0.25, -0.2) is 4.98 Å². The molecule has 1 unspecified atom stereocenters. The van der Waals surface area contributed by atoms with Crippen molar-refractivity contribution in [1.29, 1.82) is 0 Å². The van der Waals surface area contributed by atoms with Crippen molar-refractivity contribution >= 4 is 39.6 Å². The van der Waals surface area contributed by atoms with Gasteiger partial charge in [0.25, 0.3) is 11.1 Å². The molecular formula is C24H23N3O3S. The molecule has 0 saturated carbocycles. The average molecular weight is 434 g/mol. The third kappa shape index (κ3) is 3.38. The van der Waals surface area contributed by atoms with E-state index in [1.807, 2.05) is 66.7 Å². The van der Waals surface area contributed by atoms with Crippen LogP contribution in [-0.4, -0.2) is 45.7 Å². The van der Waals surface area contributed by atoms with Crippen molar-refractivity contribution in [2.75, 3.05) is 18.6 Å². The van der Waals surface area contributed by atoms with Crippen molar-refractivity contribution in [2.24, 2.45) is 0 Å². The average Bonchev–Trinajstić information content (AvgIpc) is 3.39. The summed E-state index contributed by atoms with van der Waals surface area (Å²) in [5, 5.41) is 0.799. The number of ether oxygens (including phenoxy) is 1. The van der Waals surface area contributed by atoms with E-state index in [0.717, 1.165) is 53.4 Å². The second-order valence-electron chi connectivity index (χ2n) is 7.83. The Bertz CT molecular complexity index is 1140. The van der Waals surface area contributed by atoms with Crippen molar-refractivity contribution < 1.29 is 14.3 Å². The fourth-order valence-corrected chi connectivity index (χ4v) is 5.71. The van der Waals surface area contributed by atoms with Crippen molar-refractivity contribution in [3.63, 3.8) is 0 Å². The molecule has 6 nitrogen and oxygen atoms in total. The first-order chi connectivity index (χ1) is 15.1. The minimum absolute atomic E-state index is 0.248. The van der Waals surface area contributed by atoms with Crippen LogP contribution in [0.25, 0.3) is 10.9 Å². The molecule has 0 spiro atoms. The Morgan fingerprint density at radius 1 is 1.06 bits per heavy atom. The number of aromatic nitrogens is 1. The minimum Gasteiger partial charge on any atom is -0.356 e. The Hall–Kier alpha value is -2.90. The van der Waals surface area contributed by atoms with Crippen molar-refractivity contribution in [3.8, 4) is 0 Å². The SMILES string of the molecule is COC1([C@@H]2CCCN2c2ccc3ccccc3n2)SC(=O)N(Cc2ccccc2)C1=O. The summed E-state index contributed by atoms with van der Waals surface area (Å²) in [4.78, 5) is 33.5. The number of carbonyl (C=O) groups is 2. The van der Waals surface area contributed by atoms with Gasteiger partial charge in [-0.2, -0.15) is 0 Å². The number of thioether (sulfide) groups is 1. The minimum atomic E-state index is -1.27. The monoisotopic (exact) mass is 433 g/mol. The Kier molecular flexibility index (Phi) is 5.16. The lowest BCUT2D eigenvalue weighted by Crippen LogP contribution is -2.54. The number of rotatable bonds is 5. The molecule has 2 aromatic carbocycles. The lowest BCUT2D eigenvalue weighted by atomic mass is 10.1. The maximum absolute atomic E-state index is 13.6. The molecule has 31 heavy (non-hydrogen) atoms. The van der Waals surface area contributed by atoms with Crippen LogP contribution in [0.1, 0.15) is 18.4 Å². The van der Waals surface area contributed by atoms with Gasteiger partial charge in [0.15, 0.2) is 0 Å². The fourth-order valence-electron chi connectivity index (χ4n) is 4.53. The number of benzene rings is 2. The Morgan fingerprint density at radius 3 is 2.65 bits per heavy atom. The Labute approximate surface area is 185 Å².